The molecule has 0 atom stereocenters. The Kier molecular flexibility index (Phi) is 4.99. The van der Waals surface area contributed by atoms with Crippen molar-refractivity contribution >= 4 is 23.4 Å². The average molecular weight is 435 g/mol. The SMILES string of the molecule is CSc1ncc(C(=O)Nc2ccc(-c3nnnn3C3CC3)cc2)n1-c1ccc(F)cc1. The molecule has 8 nitrogen and oxygen atoms in total. The lowest BCUT2D eigenvalue weighted by Gasteiger charge is -2.11. The second kappa shape index (κ2) is 7.95. The van der Waals surface area contributed by atoms with E-state index in [0.29, 0.717) is 28.3 Å². The van der Waals surface area contributed by atoms with Crippen LogP contribution in [0.2, 0.25) is 0 Å². The minimum atomic E-state index is -0.339. The fourth-order valence-electron chi connectivity index (χ4n) is 3.33. The lowest BCUT2D eigenvalue weighted by atomic mass is 10.2. The second-order valence-electron chi connectivity index (χ2n) is 7.15. The highest BCUT2D eigenvalue weighted by molar-refractivity contribution is 7.98. The number of carbonyl (C=O) groups is 1. The third-order valence-electron chi connectivity index (χ3n) is 5.02. The number of hydrogen-bond donors (Lipinski definition) is 1. The molecule has 2 aromatic carbocycles. The van der Waals surface area contributed by atoms with Gasteiger partial charge in [-0.25, -0.2) is 14.1 Å². The van der Waals surface area contributed by atoms with Crippen molar-refractivity contribution in [2.45, 2.75) is 24.0 Å². The largest absolute Gasteiger partial charge is 0.321 e. The van der Waals surface area contributed by atoms with E-state index in [2.05, 4.69) is 25.8 Å². The van der Waals surface area contributed by atoms with Crippen molar-refractivity contribution < 1.29 is 9.18 Å². The molecular weight excluding hydrogens is 417 g/mol. The molecule has 1 N–H and O–H groups in total. The van der Waals surface area contributed by atoms with Crippen molar-refractivity contribution in [1.29, 1.82) is 0 Å². The van der Waals surface area contributed by atoms with Crippen LogP contribution >= 0.6 is 11.8 Å². The van der Waals surface area contributed by atoms with Crippen molar-refractivity contribution in [1.82, 2.24) is 29.8 Å². The number of tetrazole rings is 1. The summed E-state index contributed by atoms with van der Waals surface area (Å²) in [6.45, 7) is 0. The fourth-order valence-corrected chi connectivity index (χ4v) is 3.87. The standard InChI is InChI=1S/C21H18FN7OS/c1-31-21-23-12-18(28(21)16-8-4-14(22)5-9-16)20(30)24-15-6-2-13(3-7-15)19-25-26-27-29(19)17-10-11-17/h2-9,12,17H,10-11H2,1H3,(H,24,30). The number of amides is 1. The topological polar surface area (TPSA) is 90.5 Å². The molecule has 0 spiro atoms. The summed E-state index contributed by atoms with van der Waals surface area (Å²) in [5.41, 5.74) is 2.54. The van der Waals surface area contributed by atoms with Gasteiger partial charge >= 0.3 is 0 Å². The van der Waals surface area contributed by atoms with Gasteiger partial charge in [0.15, 0.2) is 11.0 Å². The zero-order valence-corrected chi connectivity index (χ0v) is 17.4. The van der Waals surface area contributed by atoms with E-state index in [1.807, 2.05) is 35.2 Å². The molecule has 5 rings (SSSR count). The number of carbonyl (C=O) groups excluding carboxylic acids is 1. The molecule has 156 valence electrons. The number of anilines is 1. The molecular formula is C21H18FN7OS. The number of aromatic nitrogens is 6. The number of rotatable bonds is 6. The van der Waals surface area contributed by atoms with Gasteiger partial charge in [0, 0.05) is 16.9 Å². The summed E-state index contributed by atoms with van der Waals surface area (Å²) in [4.78, 5) is 17.3. The van der Waals surface area contributed by atoms with Gasteiger partial charge in [-0.05, 0) is 78.1 Å². The summed E-state index contributed by atoms with van der Waals surface area (Å²) in [5.74, 6) is 0.0699. The smallest absolute Gasteiger partial charge is 0.274 e. The van der Waals surface area contributed by atoms with E-state index in [4.69, 9.17) is 0 Å². The molecule has 1 aliphatic rings. The van der Waals surface area contributed by atoms with Crippen LogP contribution in [0.1, 0.15) is 29.4 Å². The maximum absolute atomic E-state index is 13.3. The van der Waals surface area contributed by atoms with Crippen LogP contribution in [0.3, 0.4) is 0 Å². The number of thioether (sulfide) groups is 1. The van der Waals surface area contributed by atoms with E-state index in [1.165, 1.54) is 30.1 Å². The third-order valence-corrected chi connectivity index (χ3v) is 5.67. The van der Waals surface area contributed by atoms with Gasteiger partial charge in [0.05, 0.1) is 12.2 Å². The Hall–Kier alpha value is -3.53. The second-order valence-corrected chi connectivity index (χ2v) is 7.93. The molecule has 0 aliphatic heterocycles. The monoisotopic (exact) mass is 435 g/mol. The van der Waals surface area contributed by atoms with E-state index < -0.39 is 0 Å². The molecule has 0 saturated heterocycles. The molecule has 0 bridgehead atoms. The van der Waals surface area contributed by atoms with E-state index in [1.54, 1.807) is 16.7 Å². The predicted molar refractivity (Wildman–Crippen MR) is 115 cm³/mol. The fraction of sp³-hybridized carbons (Fsp3) is 0.190. The van der Waals surface area contributed by atoms with Crippen LogP contribution in [0.5, 0.6) is 0 Å². The molecule has 1 fully saturated rings. The third kappa shape index (κ3) is 3.81. The first-order chi connectivity index (χ1) is 15.1. The van der Waals surface area contributed by atoms with Gasteiger partial charge in [-0.3, -0.25) is 9.36 Å². The van der Waals surface area contributed by atoms with Crippen molar-refractivity contribution in [3.8, 4) is 17.1 Å². The molecule has 0 unspecified atom stereocenters. The summed E-state index contributed by atoms with van der Waals surface area (Å²) in [6.07, 6.45) is 5.57. The van der Waals surface area contributed by atoms with Crippen molar-refractivity contribution in [2.75, 3.05) is 11.6 Å². The predicted octanol–water partition coefficient (Wildman–Crippen LogP) is 3.97. The molecule has 0 radical (unpaired) electrons. The summed E-state index contributed by atoms with van der Waals surface area (Å²) >= 11 is 1.41. The van der Waals surface area contributed by atoms with Gasteiger partial charge < -0.3 is 5.32 Å². The maximum atomic E-state index is 13.3. The lowest BCUT2D eigenvalue weighted by Crippen LogP contribution is -2.16. The highest BCUT2D eigenvalue weighted by atomic mass is 32.2. The summed E-state index contributed by atoms with van der Waals surface area (Å²) in [7, 11) is 0. The average Bonchev–Trinajstić information content (AvgIpc) is 3.35. The van der Waals surface area contributed by atoms with Gasteiger partial charge in [0.2, 0.25) is 0 Å². The molecule has 2 heterocycles. The molecule has 31 heavy (non-hydrogen) atoms. The highest BCUT2D eigenvalue weighted by Crippen LogP contribution is 2.36. The number of halogens is 1. The van der Waals surface area contributed by atoms with E-state index >= 15 is 0 Å². The first-order valence-corrected chi connectivity index (χ1v) is 10.9. The van der Waals surface area contributed by atoms with Crippen molar-refractivity contribution in [3.63, 3.8) is 0 Å². The Balaban J connectivity index is 1.39. The van der Waals surface area contributed by atoms with Crippen LogP contribution in [0.25, 0.3) is 17.1 Å². The van der Waals surface area contributed by atoms with Crippen LogP contribution in [-0.2, 0) is 0 Å². The Bertz CT molecular complexity index is 1230. The van der Waals surface area contributed by atoms with Gasteiger partial charge in [-0.2, -0.15) is 0 Å². The Morgan fingerprint density at radius 1 is 1.13 bits per heavy atom. The van der Waals surface area contributed by atoms with Crippen molar-refractivity contribution in [3.05, 3.63) is 66.2 Å². The number of nitrogens with zero attached hydrogens (tertiary/aromatic N) is 6. The van der Waals surface area contributed by atoms with E-state index in [0.717, 1.165) is 24.2 Å². The molecule has 10 heteroatoms. The van der Waals surface area contributed by atoms with Crippen LogP contribution < -0.4 is 5.32 Å². The van der Waals surface area contributed by atoms with Gasteiger partial charge in [-0.1, -0.05) is 11.8 Å². The zero-order chi connectivity index (χ0) is 21.4. The normalized spacial score (nSPS) is 13.4. The number of benzene rings is 2. The number of hydrogen-bond acceptors (Lipinski definition) is 6. The van der Waals surface area contributed by atoms with Gasteiger partial charge in [-0.15, -0.1) is 5.10 Å². The minimum absolute atomic E-state index is 0.312. The summed E-state index contributed by atoms with van der Waals surface area (Å²) < 4.78 is 16.9. The van der Waals surface area contributed by atoms with Crippen LogP contribution in [0.15, 0.2) is 59.9 Å². The quantitative estimate of drug-likeness (QED) is 0.461. The molecule has 4 aromatic rings. The lowest BCUT2D eigenvalue weighted by molar-refractivity contribution is 0.102. The first-order valence-electron chi connectivity index (χ1n) is 9.71. The first kappa shape index (κ1) is 19.4. The summed E-state index contributed by atoms with van der Waals surface area (Å²) in [6, 6.07) is 13.7. The van der Waals surface area contributed by atoms with E-state index in [9.17, 15) is 9.18 Å². The van der Waals surface area contributed by atoms with Crippen LogP contribution in [-0.4, -0.2) is 41.9 Å². The van der Waals surface area contributed by atoms with Gasteiger partial charge in [0.25, 0.3) is 5.91 Å². The maximum Gasteiger partial charge on any atom is 0.274 e. The molecule has 1 amide bonds. The van der Waals surface area contributed by atoms with Gasteiger partial charge in [0.1, 0.15) is 11.5 Å². The molecule has 1 saturated carbocycles. The summed E-state index contributed by atoms with van der Waals surface area (Å²) in [5, 5.41) is 15.5. The van der Waals surface area contributed by atoms with Crippen LogP contribution in [0, 0.1) is 5.82 Å². The molecule has 2 aromatic heterocycles. The van der Waals surface area contributed by atoms with Crippen LogP contribution in [0.4, 0.5) is 10.1 Å². The number of nitrogens with one attached hydrogen (secondary N) is 1. The highest BCUT2D eigenvalue weighted by Gasteiger charge is 2.28. The Morgan fingerprint density at radius 2 is 1.87 bits per heavy atom. The Morgan fingerprint density at radius 3 is 2.55 bits per heavy atom. The Labute approximate surface area is 181 Å². The van der Waals surface area contributed by atoms with E-state index in [-0.39, 0.29) is 11.7 Å². The minimum Gasteiger partial charge on any atom is -0.321 e. The van der Waals surface area contributed by atoms with Crippen molar-refractivity contribution in [2.24, 2.45) is 0 Å². The zero-order valence-electron chi connectivity index (χ0n) is 16.6. The number of imidazole rings is 1. The molecule has 1 aliphatic carbocycles.